The van der Waals surface area contributed by atoms with Gasteiger partial charge in [-0.1, -0.05) is 32.0 Å². The molecule has 2 aliphatic rings. The van der Waals surface area contributed by atoms with Crippen LogP contribution in [0.3, 0.4) is 0 Å². The summed E-state index contributed by atoms with van der Waals surface area (Å²) in [5.41, 5.74) is 5.92. The molecule has 1 heterocycles. The van der Waals surface area contributed by atoms with Gasteiger partial charge in [-0.2, -0.15) is 0 Å². The molecule has 0 saturated carbocycles. The van der Waals surface area contributed by atoms with Crippen LogP contribution in [0.25, 0.3) is 5.70 Å². The number of benzene rings is 1. The maximum Gasteiger partial charge on any atom is 0.0517 e. The molecule has 126 valence electrons. The second-order valence-electron chi connectivity index (χ2n) is 6.75. The van der Waals surface area contributed by atoms with Crippen LogP contribution in [-0.4, -0.2) is 35.7 Å². The maximum atomic E-state index is 3.63. The summed E-state index contributed by atoms with van der Waals surface area (Å²) in [6, 6.07) is 7.60. The minimum atomic E-state index is 0.194. The Hall–Kier alpha value is -1.06. The fourth-order valence-electron chi connectivity index (χ4n) is 3.94. The van der Waals surface area contributed by atoms with Crippen molar-refractivity contribution >= 4 is 21.7 Å². The Morgan fingerprint density at radius 2 is 2.00 bits per heavy atom. The maximum absolute atomic E-state index is 3.63. The molecule has 2 atom stereocenters. The van der Waals surface area contributed by atoms with Gasteiger partial charge in [-0.05, 0) is 74.0 Å². The highest BCUT2D eigenvalue weighted by Crippen LogP contribution is 2.32. The van der Waals surface area contributed by atoms with E-state index in [2.05, 4.69) is 59.4 Å². The van der Waals surface area contributed by atoms with Gasteiger partial charge in [0.2, 0.25) is 0 Å². The summed E-state index contributed by atoms with van der Waals surface area (Å²) in [5.74, 6) is 0. The largest absolute Gasteiger partial charge is 0.335 e. The summed E-state index contributed by atoms with van der Waals surface area (Å²) < 4.78 is 3.63. The lowest BCUT2D eigenvalue weighted by Crippen LogP contribution is -2.40. The Morgan fingerprint density at radius 3 is 2.65 bits per heavy atom. The highest BCUT2D eigenvalue weighted by Gasteiger charge is 2.26. The molecule has 0 spiro atoms. The molecule has 1 N–H and O–H groups in total. The molecule has 0 saturated heterocycles. The molecule has 0 bridgehead atoms. The van der Waals surface area contributed by atoms with E-state index in [1.807, 2.05) is 0 Å². The number of fused-ring (bicyclic) bond motifs is 1. The predicted molar refractivity (Wildman–Crippen MR) is 105 cm³/mol. The fraction of sp³-hybridized carbons (Fsp3) is 0.550. The summed E-state index contributed by atoms with van der Waals surface area (Å²) in [6.07, 6.45) is 10.8. The van der Waals surface area contributed by atoms with E-state index >= 15 is 0 Å². The van der Waals surface area contributed by atoms with E-state index in [9.17, 15) is 0 Å². The number of hydrogen-bond acceptors (Lipinski definition) is 2. The monoisotopic (exact) mass is 330 g/mol. The molecule has 2 unspecified atom stereocenters. The van der Waals surface area contributed by atoms with Crippen molar-refractivity contribution in [2.75, 3.05) is 19.3 Å². The van der Waals surface area contributed by atoms with Gasteiger partial charge >= 0.3 is 0 Å². The van der Waals surface area contributed by atoms with Crippen LogP contribution >= 0.6 is 10.7 Å². The summed E-state index contributed by atoms with van der Waals surface area (Å²) in [5, 5.41) is 2.29. The van der Waals surface area contributed by atoms with E-state index < -0.39 is 0 Å². The van der Waals surface area contributed by atoms with Gasteiger partial charge < -0.3 is 9.62 Å². The van der Waals surface area contributed by atoms with Crippen LogP contribution in [0.2, 0.25) is 0 Å². The molecule has 2 nitrogen and oxygen atoms in total. The number of rotatable bonds is 6. The second kappa shape index (κ2) is 7.67. The van der Waals surface area contributed by atoms with Crippen LogP contribution in [0, 0.1) is 0 Å². The molecule has 1 aliphatic carbocycles. The molecule has 0 amide bonds. The van der Waals surface area contributed by atoms with Crippen molar-refractivity contribution in [3.8, 4) is 0 Å². The minimum absolute atomic E-state index is 0.194. The second-order valence-corrected chi connectivity index (χ2v) is 8.34. The van der Waals surface area contributed by atoms with Gasteiger partial charge in [-0.3, -0.25) is 0 Å². The van der Waals surface area contributed by atoms with E-state index in [0.29, 0.717) is 0 Å². The summed E-state index contributed by atoms with van der Waals surface area (Å²) in [7, 11) is 0.194. The molecule has 1 aromatic carbocycles. The first kappa shape index (κ1) is 16.8. The van der Waals surface area contributed by atoms with Crippen molar-refractivity contribution in [3.05, 3.63) is 41.0 Å². The molecular formula is C20H30N2S. The minimum Gasteiger partial charge on any atom is -0.335 e. The number of aryl methyl sites for hydroxylation is 1. The summed E-state index contributed by atoms with van der Waals surface area (Å²) in [4.78, 5) is 2.73. The number of allylic oxidation sites excluding steroid dienone is 1. The number of nitrogens with zero attached hydrogens (tertiary/aromatic N) is 1. The van der Waals surface area contributed by atoms with E-state index in [1.165, 1.54) is 56.5 Å². The third kappa shape index (κ3) is 3.72. The number of hydrogen-bond donors (Lipinski definition) is 1. The average molecular weight is 331 g/mol. The zero-order valence-corrected chi connectivity index (χ0v) is 15.6. The summed E-state index contributed by atoms with van der Waals surface area (Å²) in [6.45, 7) is 7.08. The van der Waals surface area contributed by atoms with Crippen molar-refractivity contribution in [1.29, 1.82) is 0 Å². The van der Waals surface area contributed by atoms with Crippen LogP contribution in [-0.2, 0) is 12.8 Å². The smallest absolute Gasteiger partial charge is 0.0517 e. The van der Waals surface area contributed by atoms with Crippen molar-refractivity contribution in [3.63, 3.8) is 0 Å². The quantitative estimate of drug-likeness (QED) is 0.785. The third-order valence-electron chi connectivity index (χ3n) is 5.00. The molecule has 23 heavy (non-hydrogen) atoms. The van der Waals surface area contributed by atoms with E-state index in [1.54, 1.807) is 11.1 Å². The SMILES string of the molecule is CCCN(CCC)C1CCc2cccc(C3=CC=S(C)N3)c2C1. The topological polar surface area (TPSA) is 15.3 Å². The van der Waals surface area contributed by atoms with Crippen molar-refractivity contribution in [2.45, 2.75) is 52.0 Å². The number of nitrogens with one attached hydrogen (secondary N) is 1. The van der Waals surface area contributed by atoms with Crippen molar-refractivity contribution < 1.29 is 0 Å². The predicted octanol–water partition coefficient (Wildman–Crippen LogP) is 4.23. The van der Waals surface area contributed by atoms with Crippen LogP contribution in [0.5, 0.6) is 0 Å². The van der Waals surface area contributed by atoms with E-state index in [4.69, 9.17) is 0 Å². The molecule has 0 radical (unpaired) electrons. The van der Waals surface area contributed by atoms with Gasteiger partial charge in [0.1, 0.15) is 0 Å². The lowest BCUT2D eigenvalue weighted by atomic mass is 9.83. The fourth-order valence-corrected chi connectivity index (χ4v) is 4.87. The Kier molecular flexibility index (Phi) is 5.60. The molecule has 3 rings (SSSR count). The first-order valence-electron chi connectivity index (χ1n) is 9.04. The van der Waals surface area contributed by atoms with Crippen LogP contribution < -0.4 is 4.72 Å². The average Bonchev–Trinajstić information content (AvgIpc) is 3.00. The van der Waals surface area contributed by atoms with Gasteiger partial charge in [0.15, 0.2) is 0 Å². The Balaban J connectivity index is 1.84. The molecule has 0 fully saturated rings. The van der Waals surface area contributed by atoms with Gasteiger partial charge in [0.05, 0.1) is 5.70 Å². The standard InChI is InChI=1S/C20H30N2S/c1-4-12-22(13-5-2)17-10-9-16-7-6-8-18(19(16)15-17)20-11-14-23(3)21-20/h6-8,11,14,17,21H,4-5,9-10,12-13,15H2,1-3H3. The van der Waals surface area contributed by atoms with Crippen LogP contribution in [0.1, 0.15) is 49.8 Å². The van der Waals surface area contributed by atoms with Crippen molar-refractivity contribution in [2.24, 2.45) is 0 Å². The molecule has 1 aromatic rings. The van der Waals surface area contributed by atoms with Crippen LogP contribution in [0.4, 0.5) is 0 Å². The third-order valence-corrected chi connectivity index (χ3v) is 6.08. The molecule has 1 aliphatic heterocycles. The zero-order chi connectivity index (χ0) is 16.2. The normalized spacial score (nSPS) is 23.2. The first-order valence-corrected chi connectivity index (χ1v) is 10.7. The molecular weight excluding hydrogens is 300 g/mol. The van der Waals surface area contributed by atoms with E-state index in [0.717, 1.165) is 6.04 Å². The molecule has 0 aromatic heterocycles. The van der Waals surface area contributed by atoms with Gasteiger partial charge in [0, 0.05) is 11.6 Å². The Labute approximate surface area is 144 Å². The van der Waals surface area contributed by atoms with Crippen molar-refractivity contribution in [1.82, 2.24) is 9.62 Å². The summed E-state index contributed by atoms with van der Waals surface area (Å²) >= 11 is 0. The zero-order valence-electron chi connectivity index (χ0n) is 14.8. The van der Waals surface area contributed by atoms with Gasteiger partial charge in [-0.25, -0.2) is 0 Å². The van der Waals surface area contributed by atoms with Gasteiger partial charge in [0.25, 0.3) is 0 Å². The van der Waals surface area contributed by atoms with Crippen LogP contribution in [0.15, 0.2) is 24.3 Å². The highest BCUT2D eigenvalue weighted by molar-refractivity contribution is 8.13. The molecule has 3 heteroatoms. The lowest BCUT2D eigenvalue weighted by molar-refractivity contribution is 0.180. The Morgan fingerprint density at radius 1 is 1.22 bits per heavy atom. The Bertz CT molecular complexity index is 612. The van der Waals surface area contributed by atoms with Gasteiger partial charge in [-0.15, -0.1) is 10.7 Å². The van der Waals surface area contributed by atoms with E-state index in [-0.39, 0.29) is 10.7 Å². The first-order chi connectivity index (χ1) is 11.2. The lowest BCUT2D eigenvalue weighted by Gasteiger charge is -2.36. The highest BCUT2D eigenvalue weighted by atomic mass is 32.2.